The van der Waals surface area contributed by atoms with Gasteiger partial charge in [0, 0.05) is 30.9 Å². The van der Waals surface area contributed by atoms with Crippen LogP contribution in [0.25, 0.3) is 0 Å². The second-order valence-corrected chi connectivity index (χ2v) is 6.92. The molecule has 160 valence electrons. The van der Waals surface area contributed by atoms with Crippen LogP contribution in [0.3, 0.4) is 0 Å². The van der Waals surface area contributed by atoms with Gasteiger partial charge in [0.25, 0.3) is 11.5 Å². The quantitative estimate of drug-likeness (QED) is 0.754. The van der Waals surface area contributed by atoms with Gasteiger partial charge in [0.2, 0.25) is 0 Å². The van der Waals surface area contributed by atoms with Crippen molar-refractivity contribution in [3.63, 3.8) is 0 Å². The van der Waals surface area contributed by atoms with E-state index in [-0.39, 0.29) is 29.8 Å². The Kier molecular flexibility index (Phi) is 6.65. The van der Waals surface area contributed by atoms with E-state index >= 15 is 0 Å². The van der Waals surface area contributed by atoms with Crippen molar-refractivity contribution in [3.05, 3.63) is 68.2 Å². The van der Waals surface area contributed by atoms with Crippen molar-refractivity contribution in [2.24, 2.45) is 0 Å². The van der Waals surface area contributed by atoms with Crippen LogP contribution in [-0.2, 0) is 11.3 Å². The van der Waals surface area contributed by atoms with Crippen LogP contribution < -0.4 is 16.6 Å². The Balaban J connectivity index is 1.70. The minimum absolute atomic E-state index is 0.161. The molecule has 9 nitrogen and oxygen atoms in total. The molecule has 1 aromatic carbocycles. The third kappa shape index (κ3) is 4.76. The predicted octanol–water partition coefficient (Wildman–Crippen LogP) is 1.07. The van der Waals surface area contributed by atoms with E-state index in [1.807, 2.05) is 0 Å². The van der Waals surface area contributed by atoms with Gasteiger partial charge >= 0.3 is 11.8 Å². The van der Waals surface area contributed by atoms with Crippen molar-refractivity contribution in [3.8, 4) is 0 Å². The smallest absolute Gasteiger partial charge is 0.409 e. The lowest BCUT2D eigenvalue weighted by molar-refractivity contribution is 0.0858. The fourth-order valence-corrected chi connectivity index (χ4v) is 3.30. The average Bonchev–Trinajstić information content (AvgIpc) is 2.73. The maximum Gasteiger partial charge on any atom is 0.409 e. The van der Waals surface area contributed by atoms with E-state index in [4.69, 9.17) is 4.74 Å². The van der Waals surface area contributed by atoms with E-state index in [1.54, 1.807) is 17.9 Å². The number of H-pyrrole nitrogens is 1. The molecule has 1 fully saturated rings. The third-order valence-electron chi connectivity index (χ3n) is 4.95. The minimum atomic E-state index is -0.802. The minimum Gasteiger partial charge on any atom is -0.450 e. The molecule has 0 saturated carbocycles. The van der Waals surface area contributed by atoms with E-state index in [2.05, 4.69) is 10.3 Å². The summed E-state index contributed by atoms with van der Waals surface area (Å²) in [6.45, 7) is 2.58. The fourth-order valence-electron chi connectivity index (χ4n) is 3.30. The number of piperidine rings is 1. The molecule has 1 aromatic heterocycles. The van der Waals surface area contributed by atoms with Gasteiger partial charge in [-0.3, -0.25) is 14.2 Å². The average molecular weight is 418 g/mol. The number of ether oxygens (including phenoxy) is 1. The summed E-state index contributed by atoms with van der Waals surface area (Å²) >= 11 is 0. The maximum atomic E-state index is 13.9. The molecule has 2 N–H and O–H groups in total. The molecule has 0 bridgehead atoms. The van der Waals surface area contributed by atoms with E-state index in [0.717, 1.165) is 10.8 Å². The molecule has 0 spiro atoms. The van der Waals surface area contributed by atoms with Crippen LogP contribution >= 0.6 is 0 Å². The summed E-state index contributed by atoms with van der Waals surface area (Å²) in [6.07, 6.45) is 1.69. The first-order valence-electron chi connectivity index (χ1n) is 9.69. The zero-order chi connectivity index (χ0) is 21.7. The van der Waals surface area contributed by atoms with Crippen LogP contribution in [0.1, 0.15) is 35.7 Å². The van der Waals surface area contributed by atoms with Gasteiger partial charge < -0.3 is 19.9 Å². The first-order valence-corrected chi connectivity index (χ1v) is 9.69. The van der Waals surface area contributed by atoms with Gasteiger partial charge in [-0.2, -0.15) is 0 Å². The van der Waals surface area contributed by atoms with Crippen molar-refractivity contribution in [1.29, 1.82) is 0 Å². The van der Waals surface area contributed by atoms with E-state index < -0.39 is 23.0 Å². The summed E-state index contributed by atoms with van der Waals surface area (Å²) in [7, 11) is 0. The first-order chi connectivity index (χ1) is 14.4. The molecule has 0 unspecified atom stereocenters. The van der Waals surface area contributed by atoms with E-state index in [1.165, 1.54) is 18.2 Å². The fraction of sp³-hybridized carbons (Fsp3) is 0.400. The highest BCUT2D eigenvalue weighted by Gasteiger charge is 2.26. The second-order valence-electron chi connectivity index (χ2n) is 6.92. The highest BCUT2D eigenvalue weighted by molar-refractivity contribution is 5.93. The number of aromatic amines is 1. The topological polar surface area (TPSA) is 114 Å². The van der Waals surface area contributed by atoms with Gasteiger partial charge in [-0.15, -0.1) is 0 Å². The summed E-state index contributed by atoms with van der Waals surface area (Å²) in [5.41, 5.74) is -1.61. The van der Waals surface area contributed by atoms with Crippen molar-refractivity contribution in [2.75, 3.05) is 19.7 Å². The van der Waals surface area contributed by atoms with Crippen LogP contribution in [0, 0.1) is 5.82 Å². The lowest BCUT2D eigenvalue weighted by atomic mass is 10.1. The molecule has 30 heavy (non-hydrogen) atoms. The van der Waals surface area contributed by atoms with Gasteiger partial charge in [0.15, 0.2) is 0 Å². The molecular weight excluding hydrogens is 395 g/mol. The van der Waals surface area contributed by atoms with Crippen molar-refractivity contribution in [1.82, 2.24) is 19.8 Å². The lowest BCUT2D eigenvalue weighted by Crippen LogP contribution is -2.48. The zero-order valence-corrected chi connectivity index (χ0v) is 16.5. The van der Waals surface area contributed by atoms with Gasteiger partial charge in [-0.25, -0.2) is 14.0 Å². The van der Waals surface area contributed by atoms with Crippen LogP contribution in [0.2, 0.25) is 0 Å². The van der Waals surface area contributed by atoms with Crippen LogP contribution in [-0.4, -0.2) is 52.2 Å². The van der Waals surface area contributed by atoms with Gasteiger partial charge in [-0.1, -0.05) is 18.2 Å². The molecule has 3 rings (SSSR count). The lowest BCUT2D eigenvalue weighted by Gasteiger charge is -2.31. The number of halogens is 1. The molecule has 2 amide bonds. The summed E-state index contributed by atoms with van der Waals surface area (Å²) in [4.78, 5) is 53.0. The Morgan fingerprint density at radius 3 is 2.60 bits per heavy atom. The highest BCUT2D eigenvalue weighted by atomic mass is 19.1. The van der Waals surface area contributed by atoms with Crippen molar-refractivity contribution >= 4 is 12.0 Å². The van der Waals surface area contributed by atoms with Crippen LogP contribution in [0.15, 0.2) is 40.1 Å². The number of hydrogen-bond acceptors (Lipinski definition) is 5. The number of nitrogens with one attached hydrogen (secondary N) is 2. The Bertz CT molecular complexity index is 1040. The van der Waals surface area contributed by atoms with Crippen LogP contribution in [0.5, 0.6) is 0 Å². The molecule has 2 heterocycles. The Labute approximate surface area is 171 Å². The Morgan fingerprint density at radius 1 is 1.23 bits per heavy atom. The number of rotatable bonds is 5. The van der Waals surface area contributed by atoms with Gasteiger partial charge in [-0.05, 0) is 25.8 Å². The molecule has 1 aliphatic heterocycles. The van der Waals surface area contributed by atoms with Gasteiger partial charge in [0.1, 0.15) is 11.4 Å². The Hall–Kier alpha value is -3.43. The second kappa shape index (κ2) is 9.38. The number of likely N-dealkylation sites (tertiary alicyclic amines) is 1. The summed E-state index contributed by atoms with van der Waals surface area (Å²) in [5, 5.41) is 2.76. The largest absolute Gasteiger partial charge is 0.450 e. The molecule has 2 aromatic rings. The number of aromatic nitrogens is 2. The predicted molar refractivity (Wildman–Crippen MR) is 106 cm³/mol. The molecule has 1 saturated heterocycles. The maximum absolute atomic E-state index is 13.9. The molecular formula is C20H23FN4O5. The zero-order valence-electron chi connectivity index (χ0n) is 16.5. The number of carbonyl (C=O) groups is 2. The molecule has 0 aliphatic carbocycles. The third-order valence-corrected chi connectivity index (χ3v) is 4.95. The normalized spacial score (nSPS) is 14.4. The standard InChI is InChI=1S/C20H23FN4O5/c1-2-30-20(29)24-9-7-14(8-10-24)23-17(26)15-11-22-19(28)25(18(15)27)12-13-5-3-4-6-16(13)21/h3-6,11,14H,2,7-10,12H2,1H3,(H,22,28)(H,23,26). The number of nitrogens with zero attached hydrogens (tertiary/aromatic N) is 2. The van der Waals surface area contributed by atoms with E-state index in [9.17, 15) is 23.6 Å². The Morgan fingerprint density at radius 2 is 1.93 bits per heavy atom. The summed E-state index contributed by atoms with van der Waals surface area (Å²) in [5.74, 6) is -1.18. The number of carbonyl (C=O) groups excluding carboxylic acids is 2. The van der Waals surface area contributed by atoms with Crippen molar-refractivity contribution < 1.29 is 18.7 Å². The molecule has 0 atom stereocenters. The SMILES string of the molecule is CCOC(=O)N1CCC(NC(=O)c2c[nH]c(=O)n(Cc3ccccc3F)c2=O)CC1. The van der Waals surface area contributed by atoms with Crippen LogP contribution in [0.4, 0.5) is 9.18 Å². The summed E-state index contributed by atoms with van der Waals surface area (Å²) < 4.78 is 19.6. The summed E-state index contributed by atoms with van der Waals surface area (Å²) in [6, 6.07) is 5.56. The molecule has 10 heteroatoms. The van der Waals surface area contributed by atoms with Crippen molar-refractivity contribution in [2.45, 2.75) is 32.4 Å². The van der Waals surface area contributed by atoms with Gasteiger partial charge in [0.05, 0.1) is 13.2 Å². The molecule has 1 aliphatic rings. The number of hydrogen-bond donors (Lipinski definition) is 2. The number of amides is 2. The molecule has 0 radical (unpaired) electrons. The number of benzene rings is 1. The highest BCUT2D eigenvalue weighted by Crippen LogP contribution is 2.12. The van der Waals surface area contributed by atoms with E-state index in [0.29, 0.717) is 32.5 Å². The monoisotopic (exact) mass is 418 g/mol. The first kappa shape index (κ1) is 21.3.